The highest BCUT2D eigenvalue weighted by molar-refractivity contribution is 5.94. The van der Waals surface area contributed by atoms with Crippen molar-refractivity contribution in [3.63, 3.8) is 0 Å². The highest BCUT2D eigenvalue weighted by Crippen LogP contribution is 2.25. The first-order chi connectivity index (χ1) is 13.0. The summed E-state index contributed by atoms with van der Waals surface area (Å²) in [6.07, 6.45) is 2.71. The van der Waals surface area contributed by atoms with Crippen LogP contribution in [0.1, 0.15) is 11.1 Å². The van der Waals surface area contributed by atoms with Crippen LogP contribution >= 0.6 is 0 Å². The van der Waals surface area contributed by atoms with Gasteiger partial charge < -0.3 is 19.5 Å². The molecule has 7 heteroatoms. The third-order valence-electron chi connectivity index (χ3n) is 3.46. The van der Waals surface area contributed by atoms with Crippen molar-refractivity contribution in [1.82, 2.24) is 0 Å². The summed E-state index contributed by atoms with van der Waals surface area (Å²) >= 11 is 0. The molecule has 0 aliphatic carbocycles. The molecule has 0 bridgehead atoms. The standard InChI is InChI=1S/C20H18N2O5/c1-25-17-7-8-18(26-2)15(11-17)6-9-20(24)27-13-19(23)22-16-5-3-4-14(10-16)12-21/h3-11H,13H2,1-2H3,(H,22,23)/b9-6+. The Labute approximate surface area is 156 Å². The normalized spacial score (nSPS) is 10.1. The van der Waals surface area contributed by atoms with E-state index in [1.807, 2.05) is 6.07 Å². The number of amides is 1. The Morgan fingerprint density at radius 3 is 2.67 bits per heavy atom. The Balaban J connectivity index is 1.91. The number of esters is 1. The van der Waals surface area contributed by atoms with Gasteiger partial charge in [-0.25, -0.2) is 4.79 Å². The van der Waals surface area contributed by atoms with Crippen molar-refractivity contribution in [2.75, 3.05) is 26.1 Å². The molecule has 138 valence electrons. The molecule has 0 aliphatic rings. The summed E-state index contributed by atoms with van der Waals surface area (Å²) in [7, 11) is 3.05. The Kier molecular flexibility index (Phi) is 6.97. The molecule has 0 fully saturated rings. The van der Waals surface area contributed by atoms with Crippen LogP contribution in [-0.2, 0) is 14.3 Å². The maximum atomic E-state index is 11.8. The van der Waals surface area contributed by atoms with Gasteiger partial charge in [-0.1, -0.05) is 6.07 Å². The van der Waals surface area contributed by atoms with E-state index in [4.69, 9.17) is 19.5 Å². The highest BCUT2D eigenvalue weighted by Gasteiger charge is 2.07. The molecule has 0 spiro atoms. The molecule has 0 saturated heterocycles. The lowest BCUT2D eigenvalue weighted by Gasteiger charge is -2.07. The molecule has 7 nitrogen and oxygen atoms in total. The van der Waals surface area contributed by atoms with Gasteiger partial charge in [-0.15, -0.1) is 0 Å². The van der Waals surface area contributed by atoms with Crippen LogP contribution in [0.3, 0.4) is 0 Å². The van der Waals surface area contributed by atoms with Gasteiger partial charge in [0.05, 0.1) is 25.9 Å². The van der Waals surface area contributed by atoms with E-state index in [9.17, 15) is 9.59 Å². The summed E-state index contributed by atoms with van der Waals surface area (Å²) in [5.41, 5.74) is 1.50. The fourth-order valence-electron chi connectivity index (χ4n) is 2.18. The Bertz CT molecular complexity index is 899. The number of hydrogen-bond acceptors (Lipinski definition) is 6. The van der Waals surface area contributed by atoms with E-state index < -0.39 is 18.5 Å². The van der Waals surface area contributed by atoms with E-state index >= 15 is 0 Å². The average Bonchev–Trinajstić information content (AvgIpc) is 2.70. The largest absolute Gasteiger partial charge is 0.497 e. The molecule has 0 aliphatic heterocycles. The van der Waals surface area contributed by atoms with E-state index in [1.165, 1.54) is 32.4 Å². The van der Waals surface area contributed by atoms with Gasteiger partial charge in [-0.05, 0) is 42.5 Å². The van der Waals surface area contributed by atoms with Gasteiger partial charge in [-0.2, -0.15) is 5.26 Å². The van der Waals surface area contributed by atoms with Gasteiger partial charge in [-0.3, -0.25) is 4.79 Å². The van der Waals surface area contributed by atoms with Crippen molar-refractivity contribution in [2.24, 2.45) is 0 Å². The van der Waals surface area contributed by atoms with Gasteiger partial charge in [0.1, 0.15) is 11.5 Å². The molecule has 1 N–H and O–H groups in total. The molecule has 2 aromatic carbocycles. The highest BCUT2D eigenvalue weighted by atomic mass is 16.5. The monoisotopic (exact) mass is 366 g/mol. The summed E-state index contributed by atoms with van der Waals surface area (Å²) in [6.45, 7) is -0.449. The van der Waals surface area contributed by atoms with E-state index in [0.29, 0.717) is 28.3 Å². The molecule has 2 rings (SSSR count). The molecule has 2 aromatic rings. The SMILES string of the molecule is COc1ccc(OC)c(/C=C/C(=O)OCC(=O)Nc2cccc(C#N)c2)c1. The molecule has 1 amide bonds. The second-order valence-electron chi connectivity index (χ2n) is 5.29. The molecular formula is C20H18N2O5. The minimum atomic E-state index is -0.680. The maximum Gasteiger partial charge on any atom is 0.331 e. The minimum absolute atomic E-state index is 0.417. The maximum absolute atomic E-state index is 11.8. The van der Waals surface area contributed by atoms with Crippen molar-refractivity contribution in [3.8, 4) is 17.6 Å². The van der Waals surface area contributed by atoms with Gasteiger partial charge in [0.15, 0.2) is 6.61 Å². The quantitative estimate of drug-likeness (QED) is 0.598. The number of nitrogens with one attached hydrogen (secondary N) is 1. The van der Waals surface area contributed by atoms with E-state index in [1.54, 1.807) is 36.4 Å². The zero-order valence-corrected chi connectivity index (χ0v) is 14.9. The lowest BCUT2D eigenvalue weighted by atomic mass is 10.1. The zero-order valence-electron chi connectivity index (χ0n) is 14.9. The van der Waals surface area contributed by atoms with Crippen LogP contribution < -0.4 is 14.8 Å². The fraction of sp³-hybridized carbons (Fsp3) is 0.150. The van der Waals surface area contributed by atoms with Gasteiger partial charge >= 0.3 is 5.97 Å². The first-order valence-electron chi connectivity index (χ1n) is 7.92. The number of ether oxygens (including phenoxy) is 3. The summed E-state index contributed by atoms with van der Waals surface area (Å²) < 4.78 is 15.3. The lowest BCUT2D eigenvalue weighted by Crippen LogP contribution is -2.20. The number of carbonyl (C=O) groups is 2. The third-order valence-corrected chi connectivity index (χ3v) is 3.46. The number of hydrogen-bond donors (Lipinski definition) is 1. The zero-order chi connectivity index (χ0) is 19.6. The first-order valence-corrected chi connectivity index (χ1v) is 7.92. The molecule has 0 radical (unpaired) electrons. The number of nitrogens with zero attached hydrogens (tertiary/aromatic N) is 1. The average molecular weight is 366 g/mol. The second-order valence-corrected chi connectivity index (χ2v) is 5.29. The van der Waals surface area contributed by atoms with Crippen molar-refractivity contribution in [1.29, 1.82) is 5.26 Å². The number of carbonyl (C=O) groups excluding carboxylic acids is 2. The Morgan fingerprint density at radius 2 is 1.96 bits per heavy atom. The molecule has 0 saturated carbocycles. The van der Waals surface area contributed by atoms with Crippen LogP contribution in [0.4, 0.5) is 5.69 Å². The van der Waals surface area contributed by atoms with Crippen LogP contribution in [0, 0.1) is 11.3 Å². The predicted molar refractivity (Wildman–Crippen MR) is 99.3 cm³/mol. The molecule has 0 aromatic heterocycles. The number of anilines is 1. The summed E-state index contributed by atoms with van der Waals surface area (Å²) in [5.74, 6) is -0.00985. The minimum Gasteiger partial charge on any atom is -0.497 e. The fourth-order valence-corrected chi connectivity index (χ4v) is 2.18. The number of nitriles is 1. The predicted octanol–water partition coefficient (Wildman–Crippen LogP) is 2.77. The summed E-state index contributed by atoms with van der Waals surface area (Å²) in [4.78, 5) is 23.7. The topological polar surface area (TPSA) is 97.7 Å². The number of benzene rings is 2. The van der Waals surface area contributed by atoms with Crippen LogP contribution in [0.25, 0.3) is 6.08 Å². The summed E-state index contributed by atoms with van der Waals surface area (Å²) in [6, 6.07) is 13.6. The van der Waals surface area contributed by atoms with Crippen molar-refractivity contribution < 1.29 is 23.8 Å². The van der Waals surface area contributed by atoms with Gasteiger partial charge in [0.25, 0.3) is 5.91 Å². The van der Waals surface area contributed by atoms with E-state index in [-0.39, 0.29) is 0 Å². The van der Waals surface area contributed by atoms with Crippen LogP contribution in [0.15, 0.2) is 48.5 Å². The number of rotatable bonds is 7. The lowest BCUT2D eigenvalue weighted by molar-refractivity contribution is -0.142. The van der Waals surface area contributed by atoms with Crippen LogP contribution in [-0.4, -0.2) is 32.7 Å². The van der Waals surface area contributed by atoms with Crippen molar-refractivity contribution in [3.05, 3.63) is 59.7 Å². The smallest absolute Gasteiger partial charge is 0.331 e. The molecule has 0 atom stereocenters. The van der Waals surface area contributed by atoms with Crippen LogP contribution in [0.5, 0.6) is 11.5 Å². The summed E-state index contributed by atoms with van der Waals surface area (Å²) in [5, 5.41) is 11.4. The molecule has 27 heavy (non-hydrogen) atoms. The first kappa shape index (κ1) is 19.5. The van der Waals surface area contributed by atoms with E-state index in [0.717, 1.165) is 0 Å². The van der Waals surface area contributed by atoms with E-state index in [2.05, 4.69) is 5.32 Å². The van der Waals surface area contributed by atoms with Crippen LogP contribution in [0.2, 0.25) is 0 Å². The third kappa shape index (κ3) is 5.90. The number of methoxy groups -OCH3 is 2. The molecular weight excluding hydrogens is 348 g/mol. The van der Waals surface area contributed by atoms with Crippen molar-refractivity contribution in [2.45, 2.75) is 0 Å². The second kappa shape index (κ2) is 9.63. The van der Waals surface area contributed by atoms with Gasteiger partial charge in [0, 0.05) is 17.3 Å². The molecule has 0 heterocycles. The Morgan fingerprint density at radius 1 is 1.15 bits per heavy atom. The van der Waals surface area contributed by atoms with Crippen molar-refractivity contribution >= 4 is 23.6 Å². The van der Waals surface area contributed by atoms with Gasteiger partial charge in [0.2, 0.25) is 0 Å². The molecule has 0 unspecified atom stereocenters. The Hall–Kier alpha value is -3.79.